The maximum atomic E-state index is 12.2. The third-order valence-electron chi connectivity index (χ3n) is 3.61. The van der Waals surface area contributed by atoms with E-state index < -0.39 is 0 Å². The largest absolute Gasteiger partial charge is 0.341 e. The molecule has 0 radical (unpaired) electrons. The topological polar surface area (TPSA) is 32.3 Å². The molecule has 0 aromatic rings. The van der Waals surface area contributed by atoms with Crippen LogP contribution in [0.25, 0.3) is 0 Å². The lowest BCUT2D eigenvalue weighted by atomic mass is 9.88. The van der Waals surface area contributed by atoms with Gasteiger partial charge in [-0.05, 0) is 25.8 Å². The predicted molar refractivity (Wildman–Crippen MR) is 67.9 cm³/mol. The highest BCUT2D eigenvalue weighted by molar-refractivity contribution is 5.85. The van der Waals surface area contributed by atoms with E-state index in [1.54, 1.807) is 0 Å². The predicted octanol–water partition coefficient (Wildman–Crippen LogP) is 1.81. The zero-order valence-electron chi connectivity index (χ0n) is 9.91. The number of carbonyl (C=O) groups is 1. The van der Waals surface area contributed by atoms with Gasteiger partial charge in [0.25, 0.3) is 0 Å². The number of hydrogen-bond donors (Lipinski definition) is 1. The Hall–Kier alpha value is -0.280. The van der Waals surface area contributed by atoms with Crippen LogP contribution in [0, 0.1) is 5.92 Å². The summed E-state index contributed by atoms with van der Waals surface area (Å²) in [5, 5.41) is 3.34. The first-order valence-electron chi connectivity index (χ1n) is 6.37. The molecule has 0 aromatic heterocycles. The summed E-state index contributed by atoms with van der Waals surface area (Å²) in [5.41, 5.74) is 0. The van der Waals surface area contributed by atoms with Crippen molar-refractivity contribution in [2.45, 2.75) is 38.5 Å². The highest BCUT2D eigenvalue weighted by Crippen LogP contribution is 2.25. The second-order valence-electron chi connectivity index (χ2n) is 4.76. The standard InChI is InChI=1S/C12H22N2O.ClH/c15-12(11-5-2-1-3-6-11)14-9-4-7-13-8-10-14;/h11,13H,1-10H2;1H. The lowest BCUT2D eigenvalue weighted by Crippen LogP contribution is -2.39. The van der Waals surface area contributed by atoms with Gasteiger partial charge in [-0.3, -0.25) is 4.79 Å². The second-order valence-corrected chi connectivity index (χ2v) is 4.76. The van der Waals surface area contributed by atoms with Gasteiger partial charge in [0.1, 0.15) is 0 Å². The van der Waals surface area contributed by atoms with E-state index in [0.717, 1.165) is 45.4 Å². The monoisotopic (exact) mass is 246 g/mol. The minimum Gasteiger partial charge on any atom is -0.341 e. The van der Waals surface area contributed by atoms with Gasteiger partial charge >= 0.3 is 0 Å². The van der Waals surface area contributed by atoms with Crippen LogP contribution >= 0.6 is 12.4 Å². The number of carbonyl (C=O) groups excluding carboxylic acids is 1. The van der Waals surface area contributed by atoms with Crippen molar-refractivity contribution in [2.75, 3.05) is 26.2 Å². The number of halogens is 1. The Balaban J connectivity index is 0.00000128. The minimum absolute atomic E-state index is 0. The molecule has 1 aliphatic carbocycles. The summed E-state index contributed by atoms with van der Waals surface area (Å²) in [4.78, 5) is 14.3. The van der Waals surface area contributed by atoms with Gasteiger partial charge in [0.2, 0.25) is 5.91 Å². The van der Waals surface area contributed by atoms with Crippen molar-refractivity contribution in [3.8, 4) is 0 Å². The molecule has 16 heavy (non-hydrogen) atoms. The van der Waals surface area contributed by atoms with Crippen LogP contribution in [0.5, 0.6) is 0 Å². The quantitative estimate of drug-likeness (QED) is 0.766. The Morgan fingerprint density at radius 3 is 2.50 bits per heavy atom. The Morgan fingerprint density at radius 2 is 1.75 bits per heavy atom. The molecule has 4 heteroatoms. The molecule has 1 amide bonds. The van der Waals surface area contributed by atoms with Crippen molar-refractivity contribution in [1.82, 2.24) is 10.2 Å². The average molecular weight is 247 g/mol. The maximum absolute atomic E-state index is 12.2. The van der Waals surface area contributed by atoms with E-state index in [1.165, 1.54) is 19.3 Å². The molecule has 0 spiro atoms. The summed E-state index contributed by atoms with van der Waals surface area (Å²) in [5.74, 6) is 0.773. The van der Waals surface area contributed by atoms with Gasteiger partial charge in [0.15, 0.2) is 0 Å². The summed E-state index contributed by atoms with van der Waals surface area (Å²) < 4.78 is 0. The molecule has 3 nitrogen and oxygen atoms in total. The van der Waals surface area contributed by atoms with Crippen LogP contribution in [0.1, 0.15) is 38.5 Å². The van der Waals surface area contributed by atoms with E-state index in [2.05, 4.69) is 10.2 Å². The molecule has 1 heterocycles. The summed E-state index contributed by atoms with van der Waals surface area (Å²) in [6.07, 6.45) is 7.19. The van der Waals surface area contributed by atoms with Crippen molar-refractivity contribution in [2.24, 2.45) is 5.92 Å². The third-order valence-corrected chi connectivity index (χ3v) is 3.61. The molecule has 2 fully saturated rings. The molecule has 0 aromatic carbocycles. The van der Waals surface area contributed by atoms with E-state index in [1.807, 2.05) is 0 Å². The zero-order valence-corrected chi connectivity index (χ0v) is 10.7. The maximum Gasteiger partial charge on any atom is 0.225 e. The van der Waals surface area contributed by atoms with Gasteiger partial charge in [-0.1, -0.05) is 19.3 Å². The third kappa shape index (κ3) is 3.63. The van der Waals surface area contributed by atoms with Crippen LogP contribution in [0.15, 0.2) is 0 Å². The van der Waals surface area contributed by atoms with Gasteiger partial charge in [0.05, 0.1) is 0 Å². The summed E-state index contributed by atoms with van der Waals surface area (Å²) >= 11 is 0. The molecule has 2 aliphatic rings. The number of nitrogens with zero attached hydrogens (tertiary/aromatic N) is 1. The highest BCUT2D eigenvalue weighted by Gasteiger charge is 2.25. The first kappa shape index (κ1) is 13.8. The molecule has 2 rings (SSSR count). The lowest BCUT2D eigenvalue weighted by Gasteiger charge is -2.28. The van der Waals surface area contributed by atoms with Crippen molar-refractivity contribution in [3.63, 3.8) is 0 Å². The van der Waals surface area contributed by atoms with Crippen molar-refractivity contribution in [1.29, 1.82) is 0 Å². The fraction of sp³-hybridized carbons (Fsp3) is 0.917. The molecule has 0 atom stereocenters. The highest BCUT2D eigenvalue weighted by atomic mass is 35.5. The second kappa shape index (κ2) is 7.13. The van der Waals surface area contributed by atoms with Gasteiger partial charge < -0.3 is 10.2 Å². The van der Waals surface area contributed by atoms with Gasteiger partial charge in [0, 0.05) is 25.6 Å². The van der Waals surface area contributed by atoms with E-state index in [4.69, 9.17) is 0 Å². The molecule has 0 unspecified atom stereocenters. The van der Waals surface area contributed by atoms with E-state index in [0.29, 0.717) is 11.8 Å². The minimum atomic E-state index is 0. The van der Waals surface area contributed by atoms with E-state index in [9.17, 15) is 4.79 Å². The fourth-order valence-electron chi connectivity index (χ4n) is 2.67. The van der Waals surface area contributed by atoms with Crippen molar-refractivity contribution < 1.29 is 4.79 Å². The smallest absolute Gasteiger partial charge is 0.225 e. The zero-order chi connectivity index (χ0) is 10.5. The number of hydrogen-bond acceptors (Lipinski definition) is 2. The first-order valence-corrected chi connectivity index (χ1v) is 6.37. The normalized spacial score (nSPS) is 23.4. The summed E-state index contributed by atoms with van der Waals surface area (Å²) in [6.45, 7) is 3.91. The molecular formula is C12H23ClN2O. The van der Waals surface area contributed by atoms with Crippen LogP contribution in [-0.2, 0) is 4.79 Å². The molecule has 1 aliphatic heterocycles. The van der Waals surface area contributed by atoms with Crippen LogP contribution in [0.4, 0.5) is 0 Å². The van der Waals surface area contributed by atoms with E-state index in [-0.39, 0.29) is 12.4 Å². The average Bonchev–Trinajstić information content (AvgIpc) is 2.58. The number of amides is 1. The van der Waals surface area contributed by atoms with Crippen LogP contribution in [0.2, 0.25) is 0 Å². The number of rotatable bonds is 1. The summed E-state index contributed by atoms with van der Waals surface area (Å²) in [6, 6.07) is 0. The van der Waals surface area contributed by atoms with Crippen LogP contribution < -0.4 is 5.32 Å². The summed E-state index contributed by atoms with van der Waals surface area (Å²) in [7, 11) is 0. The molecule has 94 valence electrons. The van der Waals surface area contributed by atoms with Crippen LogP contribution in [0.3, 0.4) is 0 Å². The van der Waals surface area contributed by atoms with Crippen molar-refractivity contribution in [3.05, 3.63) is 0 Å². The Labute approximate surface area is 104 Å². The van der Waals surface area contributed by atoms with Gasteiger partial charge in [-0.15, -0.1) is 12.4 Å². The molecule has 1 saturated carbocycles. The van der Waals surface area contributed by atoms with Gasteiger partial charge in [-0.25, -0.2) is 0 Å². The molecule has 0 bridgehead atoms. The lowest BCUT2D eigenvalue weighted by molar-refractivity contribution is -0.136. The van der Waals surface area contributed by atoms with Crippen molar-refractivity contribution >= 4 is 18.3 Å². The number of nitrogens with one attached hydrogen (secondary N) is 1. The van der Waals surface area contributed by atoms with E-state index >= 15 is 0 Å². The fourth-order valence-corrected chi connectivity index (χ4v) is 2.67. The van der Waals surface area contributed by atoms with Crippen LogP contribution in [-0.4, -0.2) is 37.0 Å². The van der Waals surface area contributed by atoms with Gasteiger partial charge in [-0.2, -0.15) is 0 Å². The Bertz CT molecular complexity index is 209. The first-order chi connectivity index (χ1) is 7.38. The SMILES string of the molecule is Cl.O=C(C1CCCCC1)N1CCCNCC1. The molecular weight excluding hydrogens is 224 g/mol. The Morgan fingerprint density at radius 1 is 1.00 bits per heavy atom. The molecule has 1 saturated heterocycles. The molecule has 1 N–H and O–H groups in total. The Kier molecular flexibility index (Phi) is 6.14.